The Morgan fingerprint density at radius 2 is 1.73 bits per heavy atom. The van der Waals surface area contributed by atoms with Gasteiger partial charge in [0.1, 0.15) is 5.69 Å². The minimum absolute atomic E-state index is 0.199. The lowest BCUT2D eigenvalue weighted by atomic mass is 10.2. The minimum atomic E-state index is -0.199. The first kappa shape index (κ1) is 16.2. The molecule has 2 aromatic heterocycles. The largest absolute Gasteiger partial charge is 0.332 e. The Hall–Kier alpha value is -3.25. The Morgan fingerprint density at radius 3 is 2.50 bits per heavy atom. The average Bonchev–Trinajstić information content (AvgIpc) is 3.15. The van der Waals surface area contributed by atoms with Gasteiger partial charge in [-0.05, 0) is 35.9 Å². The van der Waals surface area contributed by atoms with Crippen LogP contribution in [0.15, 0.2) is 76.0 Å². The Balaban J connectivity index is 1.65. The van der Waals surface area contributed by atoms with Crippen molar-refractivity contribution in [3.63, 3.8) is 0 Å². The fourth-order valence-corrected chi connectivity index (χ4v) is 2.60. The lowest BCUT2D eigenvalue weighted by molar-refractivity contribution is 0.429. The molecule has 0 spiro atoms. The van der Waals surface area contributed by atoms with Crippen molar-refractivity contribution in [3.05, 3.63) is 87.7 Å². The number of hydrogen-bond acceptors (Lipinski definition) is 5. The zero-order chi connectivity index (χ0) is 17.9. The van der Waals surface area contributed by atoms with Crippen LogP contribution in [0, 0.1) is 0 Å². The Bertz CT molecular complexity index is 1090. The summed E-state index contributed by atoms with van der Waals surface area (Å²) in [5, 5.41) is 8.95. The van der Waals surface area contributed by atoms with Gasteiger partial charge in [-0.3, -0.25) is 4.79 Å². The zero-order valence-electron chi connectivity index (χ0n) is 13.5. The summed E-state index contributed by atoms with van der Waals surface area (Å²) < 4.78 is 6.68. The highest BCUT2D eigenvalue weighted by Gasteiger charge is 2.13. The van der Waals surface area contributed by atoms with Gasteiger partial charge in [0, 0.05) is 16.7 Å². The van der Waals surface area contributed by atoms with E-state index in [1.54, 1.807) is 30.3 Å². The van der Waals surface area contributed by atoms with Crippen LogP contribution in [0.5, 0.6) is 0 Å². The van der Waals surface area contributed by atoms with Gasteiger partial charge in [-0.1, -0.05) is 47.1 Å². The highest BCUT2D eigenvalue weighted by molar-refractivity contribution is 6.30. The van der Waals surface area contributed by atoms with E-state index in [9.17, 15) is 4.79 Å². The van der Waals surface area contributed by atoms with Gasteiger partial charge in [0.2, 0.25) is 5.82 Å². The molecule has 0 saturated heterocycles. The van der Waals surface area contributed by atoms with Gasteiger partial charge in [-0.25, -0.2) is 4.68 Å². The molecule has 0 N–H and O–H groups in total. The fraction of sp³-hybridized carbons (Fsp3) is 0.0526. The molecule has 26 heavy (non-hydrogen) atoms. The topological polar surface area (TPSA) is 73.8 Å². The summed E-state index contributed by atoms with van der Waals surface area (Å²) in [7, 11) is 0. The molecule has 0 saturated carbocycles. The van der Waals surface area contributed by atoms with Gasteiger partial charge >= 0.3 is 0 Å². The summed E-state index contributed by atoms with van der Waals surface area (Å²) in [6.07, 6.45) is 0. The highest BCUT2D eigenvalue weighted by atomic mass is 35.5. The number of benzene rings is 2. The predicted octanol–water partition coefficient (Wildman–Crippen LogP) is 3.66. The van der Waals surface area contributed by atoms with E-state index < -0.39 is 0 Å². The third-order valence-corrected chi connectivity index (χ3v) is 4.04. The number of nitrogens with zero attached hydrogens (tertiary/aromatic N) is 4. The smallest absolute Gasteiger partial charge is 0.278 e. The molecule has 0 unspecified atom stereocenters. The summed E-state index contributed by atoms with van der Waals surface area (Å²) in [5.41, 5.74) is 2.00. The van der Waals surface area contributed by atoms with Crippen LogP contribution in [0.25, 0.3) is 23.0 Å². The molecule has 0 aliphatic carbocycles. The van der Waals surface area contributed by atoms with Crippen molar-refractivity contribution >= 4 is 11.6 Å². The predicted molar refractivity (Wildman–Crippen MR) is 97.8 cm³/mol. The van der Waals surface area contributed by atoms with Crippen LogP contribution in [0.2, 0.25) is 5.02 Å². The van der Waals surface area contributed by atoms with E-state index in [0.717, 1.165) is 11.1 Å². The summed E-state index contributed by atoms with van der Waals surface area (Å²) in [6.45, 7) is 0.367. The van der Waals surface area contributed by atoms with E-state index in [4.69, 9.17) is 16.1 Å². The van der Waals surface area contributed by atoms with Crippen molar-refractivity contribution in [2.75, 3.05) is 0 Å². The highest BCUT2D eigenvalue weighted by Crippen LogP contribution is 2.21. The molecule has 2 aromatic carbocycles. The lowest BCUT2D eigenvalue weighted by Gasteiger charge is -2.05. The maximum Gasteiger partial charge on any atom is 0.278 e. The van der Waals surface area contributed by atoms with E-state index in [-0.39, 0.29) is 11.4 Å². The molecular formula is C19H13ClN4O2. The second-order valence-corrected chi connectivity index (χ2v) is 6.07. The summed E-state index contributed by atoms with van der Waals surface area (Å²) in [4.78, 5) is 16.4. The zero-order valence-corrected chi connectivity index (χ0v) is 14.3. The SMILES string of the molecule is O=c1ccc(-c2nc(-c3ccc(Cl)cc3)no2)nn1Cc1ccccc1. The van der Waals surface area contributed by atoms with Gasteiger partial charge in [-0.15, -0.1) is 0 Å². The molecule has 0 bridgehead atoms. The maximum atomic E-state index is 12.1. The number of aromatic nitrogens is 4. The van der Waals surface area contributed by atoms with Crippen LogP contribution < -0.4 is 5.56 Å². The van der Waals surface area contributed by atoms with Crippen molar-refractivity contribution in [2.24, 2.45) is 0 Å². The molecule has 0 aliphatic heterocycles. The van der Waals surface area contributed by atoms with Crippen molar-refractivity contribution in [3.8, 4) is 23.0 Å². The normalized spacial score (nSPS) is 10.8. The van der Waals surface area contributed by atoms with E-state index in [1.165, 1.54) is 10.7 Å². The Labute approximate surface area is 153 Å². The molecular weight excluding hydrogens is 352 g/mol. The van der Waals surface area contributed by atoms with Crippen LogP contribution in [0.4, 0.5) is 0 Å². The van der Waals surface area contributed by atoms with Crippen LogP contribution in [-0.2, 0) is 6.54 Å². The number of hydrogen-bond donors (Lipinski definition) is 0. The maximum absolute atomic E-state index is 12.1. The molecule has 0 amide bonds. The second-order valence-electron chi connectivity index (χ2n) is 5.63. The standard InChI is InChI=1S/C19H13ClN4O2/c20-15-8-6-14(7-9-15)18-21-19(26-23-18)16-10-11-17(25)24(22-16)12-13-4-2-1-3-5-13/h1-11H,12H2. The average molecular weight is 365 g/mol. The lowest BCUT2D eigenvalue weighted by Crippen LogP contribution is -2.22. The summed E-state index contributed by atoms with van der Waals surface area (Å²) >= 11 is 5.89. The minimum Gasteiger partial charge on any atom is -0.332 e. The third-order valence-electron chi connectivity index (χ3n) is 3.79. The molecule has 2 heterocycles. The van der Waals surface area contributed by atoms with E-state index in [1.807, 2.05) is 30.3 Å². The van der Waals surface area contributed by atoms with Gasteiger partial charge < -0.3 is 4.52 Å². The number of halogens is 1. The molecule has 7 heteroatoms. The van der Waals surface area contributed by atoms with Crippen molar-refractivity contribution < 1.29 is 4.52 Å². The van der Waals surface area contributed by atoms with E-state index >= 15 is 0 Å². The van der Waals surface area contributed by atoms with Crippen LogP contribution in [0.3, 0.4) is 0 Å². The molecule has 4 aromatic rings. The van der Waals surface area contributed by atoms with Gasteiger partial charge in [0.05, 0.1) is 6.54 Å². The molecule has 0 atom stereocenters. The first-order valence-electron chi connectivity index (χ1n) is 7.91. The van der Waals surface area contributed by atoms with Gasteiger partial charge in [0.25, 0.3) is 11.4 Å². The summed E-state index contributed by atoms with van der Waals surface area (Å²) in [6, 6.07) is 19.8. The van der Waals surface area contributed by atoms with Crippen LogP contribution in [-0.4, -0.2) is 19.9 Å². The molecule has 0 radical (unpaired) electrons. The van der Waals surface area contributed by atoms with Crippen LogP contribution >= 0.6 is 11.6 Å². The molecule has 0 aliphatic rings. The van der Waals surface area contributed by atoms with Crippen LogP contribution in [0.1, 0.15) is 5.56 Å². The molecule has 128 valence electrons. The van der Waals surface area contributed by atoms with Crippen molar-refractivity contribution in [1.29, 1.82) is 0 Å². The van der Waals surface area contributed by atoms with E-state index in [2.05, 4.69) is 15.2 Å². The molecule has 0 fully saturated rings. The van der Waals surface area contributed by atoms with E-state index in [0.29, 0.717) is 23.1 Å². The van der Waals surface area contributed by atoms with Crippen molar-refractivity contribution in [2.45, 2.75) is 6.54 Å². The van der Waals surface area contributed by atoms with Gasteiger partial charge in [0.15, 0.2) is 0 Å². The Kier molecular flexibility index (Phi) is 4.33. The van der Waals surface area contributed by atoms with Gasteiger partial charge in [-0.2, -0.15) is 10.1 Å². The third kappa shape index (κ3) is 3.41. The van der Waals surface area contributed by atoms with Crippen molar-refractivity contribution in [1.82, 2.24) is 19.9 Å². The first-order valence-corrected chi connectivity index (χ1v) is 8.29. The quantitative estimate of drug-likeness (QED) is 0.552. The molecule has 6 nitrogen and oxygen atoms in total. The molecule has 4 rings (SSSR count). The monoisotopic (exact) mass is 364 g/mol. The Morgan fingerprint density at radius 1 is 0.962 bits per heavy atom. The summed E-state index contributed by atoms with van der Waals surface area (Å²) in [5.74, 6) is 0.677. The second kappa shape index (κ2) is 6.93. The fourth-order valence-electron chi connectivity index (χ4n) is 2.48. The number of rotatable bonds is 4. The first-order chi connectivity index (χ1) is 12.7.